The van der Waals surface area contributed by atoms with E-state index in [1.54, 1.807) is 24.1 Å². The second-order valence-corrected chi connectivity index (χ2v) is 5.46. The van der Waals surface area contributed by atoms with Crippen LogP contribution in [-0.4, -0.2) is 50.8 Å². The number of urea groups is 1. The van der Waals surface area contributed by atoms with Gasteiger partial charge in [0.2, 0.25) is 0 Å². The first-order valence-corrected chi connectivity index (χ1v) is 7.34. The Balaban J connectivity index is 1.81. The van der Waals surface area contributed by atoms with E-state index in [1.807, 2.05) is 12.1 Å². The second kappa shape index (κ2) is 7.79. The third-order valence-electron chi connectivity index (χ3n) is 3.71. The number of methoxy groups -OCH3 is 1. The van der Waals surface area contributed by atoms with Crippen LogP contribution >= 0.6 is 0 Å². The van der Waals surface area contributed by atoms with E-state index in [-0.39, 0.29) is 12.0 Å². The first kappa shape index (κ1) is 16.3. The summed E-state index contributed by atoms with van der Waals surface area (Å²) in [5, 5.41) is 2.92. The Morgan fingerprint density at radius 3 is 2.68 bits per heavy atom. The van der Waals surface area contributed by atoms with Crippen LogP contribution in [0, 0.1) is 5.92 Å². The Morgan fingerprint density at radius 1 is 1.36 bits per heavy atom. The van der Waals surface area contributed by atoms with Crippen LogP contribution in [0.1, 0.15) is 22.3 Å². The monoisotopic (exact) mass is 306 g/mol. The Hall–Kier alpha value is -2.08. The zero-order valence-electron chi connectivity index (χ0n) is 13.0. The molecule has 2 amide bonds. The van der Waals surface area contributed by atoms with Gasteiger partial charge in [-0.15, -0.1) is 0 Å². The molecule has 1 aliphatic heterocycles. The predicted octanol–water partition coefficient (Wildman–Crippen LogP) is 1.65. The minimum Gasteiger partial charge on any atom is -0.465 e. The molecule has 120 valence electrons. The van der Waals surface area contributed by atoms with Crippen LogP contribution in [0.25, 0.3) is 0 Å². The molecule has 22 heavy (non-hydrogen) atoms. The van der Waals surface area contributed by atoms with Crippen LogP contribution in [0.3, 0.4) is 0 Å². The van der Waals surface area contributed by atoms with E-state index in [0.717, 1.165) is 25.2 Å². The molecule has 0 radical (unpaired) electrons. The number of nitrogens with zero attached hydrogens (tertiary/aromatic N) is 1. The van der Waals surface area contributed by atoms with Crippen LogP contribution in [0.2, 0.25) is 0 Å². The zero-order chi connectivity index (χ0) is 15.9. The summed E-state index contributed by atoms with van der Waals surface area (Å²) in [6, 6.07) is 6.93. The lowest BCUT2D eigenvalue weighted by Crippen LogP contribution is -2.39. The van der Waals surface area contributed by atoms with E-state index >= 15 is 0 Å². The standard InChI is InChI=1S/C16H22N2O4/c1-18(16(20)17-9-13-7-8-22-11-13)10-12-3-5-14(6-4-12)15(19)21-2/h3-6,13H,7-11H2,1-2H3,(H,17,20)/t13-/m1/s1. The fourth-order valence-corrected chi connectivity index (χ4v) is 2.32. The zero-order valence-corrected chi connectivity index (χ0v) is 13.0. The lowest BCUT2D eigenvalue weighted by molar-refractivity contribution is 0.0600. The van der Waals surface area contributed by atoms with Crippen molar-refractivity contribution in [3.8, 4) is 0 Å². The summed E-state index contributed by atoms with van der Waals surface area (Å²) in [5.74, 6) is 0.0492. The van der Waals surface area contributed by atoms with E-state index < -0.39 is 0 Å². The number of carbonyl (C=O) groups excluding carboxylic acids is 2. The molecule has 2 rings (SSSR count). The van der Waals surface area contributed by atoms with Crippen molar-refractivity contribution >= 4 is 12.0 Å². The van der Waals surface area contributed by atoms with Crippen LogP contribution < -0.4 is 5.32 Å². The summed E-state index contributed by atoms with van der Waals surface area (Å²) in [5.41, 5.74) is 1.45. The van der Waals surface area contributed by atoms with Gasteiger partial charge in [-0.2, -0.15) is 0 Å². The molecule has 6 nitrogen and oxygen atoms in total. The van der Waals surface area contributed by atoms with Gasteiger partial charge in [-0.25, -0.2) is 9.59 Å². The summed E-state index contributed by atoms with van der Waals surface area (Å²) in [4.78, 5) is 25.0. The molecule has 0 spiro atoms. The Kier molecular flexibility index (Phi) is 5.77. The normalized spacial score (nSPS) is 17.1. The minimum atomic E-state index is -0.364. The van der Waals surface area contributed by atoms with Crippen LogP contribution in [0.4, 0.5) is 4.79 Å². The number of rotatable bonds is 5. The molecule has 1 N–H and O–H groups in total. The van der Waals surface area contributed by atoms with Crippen LogP contribution in [-0.2, 0) is 16.0 Å². The average molecular weight is 306 g/mol. The van der Waals surface area contributed by atoms with Crippen molar-refractivity contribution < 1.29 is 19.1 Å². The number of hydrogen-bond donors (Lipinski definition) is 1. The van der Waals surface area contributed by atoms with E-state index in [0.29, 0.717) is 24.6 Å². The molecule has 0 aliphatic carbocycles. The summed E-state index contributed by atoms with van der Waals surface area (Å²) in [6.45, 7) is 2.63. The Bertz CT molecular complexity index is 509. The smallest absolute Gasteiger partial charge is 0.337 e. The van der Waals surface area contributed by atoms with Crippen molar-refractivity contribution in [1.82, 2.24) is 10.2 Å². The van der Waals surface area contributed by atoms with Gasteiger partial charge in [0.25, 0.3) is 0 Å². The van der Waals surface area contributed by atoms with E-state index in [9.17, 15) is 9.59 Å². The summed E-state index contributed by atoms with van der Waals surface area (Å²) < 4.78 is 9.94. The highest BCUT2D eigenvalue weighted by atomic mass is 16.5. The second-order valence-electron chi connectivity index (χ2n) is 5.46. The number of esters is 1. The van der Waals surface area contributed by atoms with Gasteiger partial charge < -0.3 is 19.7 Å². The average Bonchev–Trinajstić information content (AvgIpc) is 3.06. The van der Waals surface area contributed by atoms with Crippen molar-refractivity contribution in [3.05, 3.63) is 35.4 Å². The predicted molar refractivity (Wildman–Crippen MR) is 81.6 cm³/mol. The van der Waals surface area contributed by atoms with Crippen molar-refractivity contribution in [2.45, 2.75) is 13.0 Å². The molecule has 6 heteroatoms. The van der Waals surface area contributed by atoms with Gasteiger partial charge in [0.05, 0.1) is 19.3 Å². The number of benzene rings is 1. The third-order valence-corrected chi connectivity index (χ3v) is 3.71. The fraction of sp³-hybridized carbons (Fsp3) is 0.500. The lowest BCUT2D eigenvalue weighted by atomic mass is 10.1. The summed E-state index contributed by atoms with van der Waals surface area (Å²) in [6.07, 6.45) is 0.999. The maximum absolute atomic E-state index is 12.0. The van der Waals surface area contributed by atoms with Gasteiger partial charge >= 0.3 is 12.0 Å². The highest BCUT2D eigenvalue weighted by Crippen LogP contribution is 2.11. The molecular weight excluding hydrogens is 284 g/mol. The van der Waals surface area contributed by atoms with Gasteiger partial charge in [-0.3, -0.25) is 0 Å². The molecule has 1 aromatic rings. The minimum absolute atomic E-state index is 0.107. The quantitative estimate of drug-likeness (QED) is 0.840. The first-order chi connectivity index (χ1) is 10.6. The topological polar surface area (TPSA) is 67.9 Å². The van der Waals surface area contributed by atoms with Gasteiger partial charge in [-0.05, 0) is 24.1 Å². The Labute approximate surface area is 130 Å². The number of ether oxygens (including phenoxy) is 2. The van der Waals surface area contributed by atoms with E-state index in [2.05, 4.69) is 10.1 Å². The van der Waals surface area contributed by atoms with Crippen molar-refractivity contribution in [1.29, 1.82) is 0 Å². The summed E-state index contributed by atoms with van der Waals surface area (Å²) in [7, 11) is 3.10. The van der Waals surface area contributed by atoms with Crippen molar-refractivity contribution in [2.24, 2.45) is 5.92 Å². The van der Waals surface area contributed by atoms with Gasteiger partial charge in [0.1, 0.15) is 0 Å². The summed E-state index contributed by atoms with van der Waals surface area (Å²) >= 11 is 0. The molecule has 0 saturated carbocycles. The highest BCUT2D eigenvalue weighted by Gasteiger charge is 2.17. The van der Waals surface area contributed by atoms with Gasteiger partial charge in [0, 0.05) is 32.7 Å². The molecule has 1 aliphatic rings. The van der Waals surface area contributed by atoms with Gasteiger partial charge in [-0.1, -0.05) is 12.1 Å². The molecule has 1 atom stereocenters. The van der Waals surface area contributed by atoms with Crippen LogP contribution in [0.5, 0.6) is 0 Å². The lowest BCUT2D eigenvalue weighted by Gasteiger charge is -2.19. The maximum atomic E-state index is 12.0. The highest BCUT2D eigenvalue weighted by molar-refractivity contribution is 5.89. The van der Waals surface area contributed by atoms with E-state index in [1.165, 1.54) is 7.11 Å². The van der Waals surface area contributed by atoms with Crippen molar-refractivity contribution in [3.63, 3.8) is 0 Å². The third kappa shape index (κ3) is 4.46. The first-order valence-electron chi connectivity index (χ1n) is 7.34. The SMILES string of the molecule is COC(=O)c1ccc(CN(C)C(=O)NC[C@H]2CCOC2)cc1. The molecule has 0 unspecified atom stereocenters. The Morgan fingerprint density at radius 2 is 2.09 bits per heavy atom. The molecule has 0 aromatic heterocycles. The molecular formula is C16H22N2O4. The molecule has 1 heterocycles. The fourth-order valence-electron chi connectivity index (χ4n) is 2.32. The largest absolute Gasteiger partial charge is 0.465 e. The number of hydrogen-bond acceptors (Lipinski definition) is 4. The maximum Gasteiger partial charge on any atom is 0.337 e. The molecule has 1 aromatic carbocycles. The number of carbonyl (C=O) groups is 2. The number of nitrogens with one attached hydrogen (secondary N) is 1. The molecule has 0 bridgehead atoms. The van der Waals surface area contributed by atoms with Gasteiger partial charge in [0.15, 0.2) is 0 Å². The molecule has 1 saturated heterocycles. The van der Waals surface area contributed by atoms with Crippen molar-refractivity contribution in [2.75, 3.05) is 33.9 Å². The van der Waals surface area contributed by atoms with Crippen LogP contribution in [0.15, 0.2) is 24.3 Å². The molecule has 1 fully saturated rings. The number of amides is 2. The van der Waals surface area contributed by atoms with E-state index in [4.69, 9.17) is 4.74 Å².